The van der Waals surface area contributed by atoms with Crippen LogP contribution in [0.25, 0.3) is 0 Å². The molecule has 0 N–H and O–H groups in total. The van der Waals surface area contributed by atoms with Gasteiger partial charge in [-0.1, -0.05) is 6.08 Å². The molecule has 0 aromatic heterocycles. The molecule has 0 bridgehead atoms. The van der Waals surface area contributed by atoms with Gasteiger partial charge in [0.1, 0.15) is 17.9 Å². The lowest BCUT2D eigenvalue weighted by Crippen LogP contribution is -1.97. The first-order chi connectivity index (χ1) is 11.7. The van der Waals surface area contributed by atoms with Gasteiger partial charge < -0.3 is 14.2 Å². The molecule has 5 heteroatoms. The Bertz CT molecular complexity index is 820. The molecule has 0 amide bonds. The van der Waals surface area contributed by atoms with Crippen molar-refractivity contribution in [3.8, 4) is 35.1 Å². The van der Waals surface area contributed by atoms with Crippen molar-refractivity contribution < 1.29 is 14.2 Å². The third kappa shape index (κ3) is 3.48. The van der Waals surface area contributed by atoms with Crippen LogP contribution in [-0.4, -0.2) is 14.2 Å². The Morgan fingerprint density at radius 2 is 1.62 bits per heavy atom. The van der Waals surface area contributed by atoms with E-state index in [2.05, 4.69) is 6.58 Å². The first-order valence-electron chi connectivity index (χ1n) is 7.14. The van der Waals surface area contributed by atoms with E-state index in [1.165, 1.54) is 6.07 Å². The molecule has 2 aromatic rings. The Balaban J connectivity index is 2.47. The molecule has 0 radical (unpaired) electrons. The van der Waals surface area contributed by atoms with Gasteiger partial charge in [0.05, 0.1) is 25.3 Å². The fourth-order valence-electron chi connectivity index (χ4n) is 2.21. The molecule has 0 fully saturated rings. The summed E-state index contributed by atoms with van der Waals surface area (Å²) in [5.41, 5.74) is 1.52. The Morgan fingerprint density at radius 1 is 1.00 bits per heavy atom. The predicted octanol–water partition coefficient (Wildman–Crippen LogP) is 3.97. The van der Waals surface area contributed by atoms with Gasteiger partial charge in [-0.2, -0.15) is 10.5 Å². The normalized spacial score (nSPS) is 9.50. The van der Waals surface area contributed by atoms with Gasteiger partial charge in [0, 0.05) is 0 Å². The molecule has 24 heavy (non-hydrogen) atoms. The van der Waals surface area contributed by atoms with E-state index in [0.29, 0.717) is 35.0 Å². The van der Waals surface area contributed by atoms with Crippen LogP contribution in [0.2, 0.25) is 0 Å². The molecule has 0 aliphatic carbocycles. The highest BCUT2D eigenvalue weighted by Gasteiger charge is 2.16. The number of ether oxygens (including phenoxy) is 3. The van der Waals surface area contributed by atoms with Gasteiger partial charge >= 0.3 is 0 Å². The Labute approximate surface area is 140 Å². The zero-order chi connectivity index (χ0) is 17.5. The van der Waals surface area contributed by atoms with Crippen LogP contribution in [-0.2, 0) is 6.42 Å². The van der Waals surface area contributed by atoms with Gasteiger partial charge in [0.25, 0.3) is 0 Å². The van der Waals surface area contributed by atoms with E-state index in [4.69, 9.17) is 24.7 Å². The van der Waals surface area contributed by atoms with E-state index >= 15 is 0 Å². The summed E-state index contributed by atoms with van der Waals surface area (Å²) in [7, 11) is 3.08. The molecule has 120 valence electrons. The van der Waals surface area contributed by atoms with Gasteiger partial charge in [-0.05, 0) is 42.3 Å². The average Bonchev–Trinajstić information content (AvgIpc) is 2.62. The Kier molecular flexibility index (Phi) is 5.44. The van der Waals surface area contributed by atoms with E-state index in [0.717, 1.165) is 5.56 Å². The van der Waals surface area contributed by atoms with Crippen molar-refractivity contribution in [3.63, 3.8) is 0 Å². The molecule has 2 rings (SSSR count). The summed E-state index contributed by atoms with van der Waals surface area (Å²) in [6.07, 6.45) is 2.46. The lowest BCUT2D eigenvalue weighted by Gasteiger charge is -2.16. The highest BCUT2D eigenvalue weighted by Crippen LogP contribution is 2.41. The van der Waals surface area contributed by atoms with Crippen LogP contribution < -0.4 is 14.2 Å². The van der Waals surface area contributed by atoms with Crippen molar-refractivity contribution in [1.82, 2.24) is 0 Å². The van der Waals surface area contributed by atoms with Gasteiger partial charge in [-0.25, -0.2) is 0 Å². The number of rotatable bonds is 6. The molecular formula is C19H16N2O3. The monoisotopic (exact) mass is 320 g/mol. The summed E-state index contributed by atoms with van der Waals surface area (Å²) in [6, 6.07) is 12.3. The Hall–Kier alpha value is -3.44. The van der Waals surface area contributed by atoms with Crippen LogP contribution in [0, 0.1) is 22.7 Å². The molecule has 2 aromatic carbocycles. The molecule has 0 spiro atoms. The maximum Gasteiger partial charge on any atom is 0.211 e. The van der Waals surface area contributed by atoms with E-state index in [1.807, 2.05) is 24.3 Å². The topological polar surface area (TPSA) is 75.3 Å². The zero-order valence-electron chi connectivity index (χ0n) is 13.5. The second-order valence-electron chi connectivity index (χ2n) is 4.86. The number of methoxy groups -OCH3 is 2. The molecule has 5 nitrogen and oxygen atoms in total. The fourth-order valence-corrected chi connectivity index (χ4v) is 2.21. The van der Waals surface area contributed by atoms with E-state index in [-0.39, 0.29) is 5.56 Å². The molecule has 0 atom stereocenters. The van der Waals surface area contributed by atoms with Gasteiger partial charge in [-0.3, -0.25) is 0 Å². The highest BCUT2D eigenvalue weighted by molar-refractivity contribution is 5.57. The minimum atomic E-state index is 0.246. The summed E-state index contributed by atoms with van der Waals surface area (Å²) in [6.45, 7) is 3.72. The summed E-state index contributed by atoms with van der Waals surface area (Å²) in [5.74, 6) is 1.84. The molecule has 0 aliphatic heterocycles. The minimum Gasteiger partial charge on any atom is -0.493 e. The minimum absolute atomic E-state index is 0.246. The van der Waals surface area contributed by atoms with E-state index in [1.54, 1.807) is 32.4 Å². The summed E-state index contributed by atoms with van der Waals surface area (Å²) in [5, 5.41) is 18.1. The summed E-state index contributed by atoms with van der Waals surface area (Å²) in [4.78, 5) is 0. The smallest absolute Gasteiger partial charge is 0.211 e. The average molecular weight is 320 g/mol. The van der Waals surface area contributed by atoms with Gasteiger partial charge in [-0.15, -0.1) is 6.58 Å². The molecule has 0 saturated heterocycles. The maximum absolute atomic E-state index is 9.12. The maximum atomic E-state index is 9.12. The molecule has 0 unspecified atom stereocenters. The summed E-state index contributed by atoms with van der Waals surface area (Å²) >= 11 is 0. The van der Waals surface area contributed by atoms with E-state index < -0.39 is 0 Å². The quantitative estimate of drug-likeness (QED) is 0.753. The second-order valence-corrected chi connectivity index (χ2v) is 4.86. The standard InChI is InChI=1S/C19H16N2O3/c1-4-5-13-8-17(22-2)19(18(9-13)23-3)24-16-7-6-14(11-20)15(10-16)12-21/h4,6-10H,1,5H2,2-3H3. The first-order valence-corrected chi connectivity index (χ1v) is 7.14. The van der Waals surface area contributed by atoms with Crippen molar-refractivity contribution in [2.75, 3.05) is 14.2 Å². The zero-order valence-corrected chi connectivity index (χ0v) is 13.5. The predicted molar refractivity (Wildman–Crippen MR) is 89.4 cm³/mol. The van der Waals surface area contributed by atoms with Gasteiger partial charge in [0.2, 0.25) is 5.75 Å². The number of allylic oxidation sites excluding steroid dienone is 1. The third-order valence-corrected chi connectivity index (χ3v) is 3.35. The second kappa shape index (κ2) is 7.71. The largest absolute Gasteiger partial charge is 0.493 e. The summed E-state index contributed by atoms with van der Waals surface area (Å²) < 4.78 is 16.6. The fraction of sp³-hybridized carbons (Fsp3) is 0.158. The molecule has 0 aliphatic rings. The molecular weight excluding hydrogens is 304 g/mol. The van der Waals surface area contributed by atoms with E-state index in [9.17, 15) is 0 Å². The van der Waals surface area contributed by atoms with Crippen LogP contribution >= 0.6 is 0 Å². The van der Waals surface area contributed by atoms with Crippen molar-refractivity contribution in [2.24, 2.45) is 0 Å². The van der Waals surface area contributed by atoms with Crippen molar-refractivity contribution in [2.45, 2.75) is 6.42 Å². The van der Waals surface area contributed by atoms with Crippen LogP contribution in [0.1, 0.15) is 16.7 Å². The third-order valence-electron chi connectivity index (χ3n) is 3.35. The van der Waals surface area contributed by atoms with Crippen LogP contribution in [0.15, 0.2) is 43.0 Å². The Morgan fingerprint density at radius 3 is 2.12 bits per heavy atom. The highest BCUT2D eigenvalue weighted by atomic mass is 16.5. The lowest BCUT2D eigenvalue weighted by molar-refractivity contribution is 0.345. The van der Waals surface area contributed by atoms with Crippen LogP contribution in [0.3, 0.4) is 0 Å². The molecule has 0 saturated carbocycles. The molecule has 0 heterocycles. The van der Waals surface area contributed by atoms with Gasteiger partial charge in [0.15, 0.2) is 11.5 Å². The lowest BCUT2D eigenvalue weighted by atomic mass is 10.1. The van der Waals surface area contributed by atoms with Crippen LogP contribution in [0.4, 0.5) is 0 Å². The van der Waals surface area contributed by atoms with Crippen molar-refractivity contribution in [1.29, 1.82) is 10.5 Å². The number of benzene rings is 2. The SMILES string of the molecule is C=CCc1cc(OC)c(Oc2ccc(C#N)c(C#N)c2)c(OC)c1. The van der Waals surface area contributed by atoms with Crippen LogP contribution in [0.5, 0.6) is 23.0 Å². The number of hydrogen-bond acceptors (Lipinski definition) is 5. The first kappa shape index (κ1) is 16.9. The number of nitrogens with zero attached hydrogens (tertiary/aromatic N) is 2. The number of nitriles is 2. The van der Waals surface area contributed by atoms with Crippen molar-refractivity contribution in [3.05, 3.63) is 59.7 Å². The number of hydrogen-bond donors (Lipinski definition) is 0. The van der Waals surface area contributed by atoms with Crippen molar-refractivity contribution >= 4 is 0 Å².